The first-order valence-corrected chi connectivity index (χ1v) is 7.77. The van der Waals surface area contributed by atoms with Gasteiger partial charge < -0.3 is 0 Å². The zero-order chi connectivity index (χ0) is 2.00. The minimum absolute atomic E-state index is 0. The summed E-state index contributed by atoms with van der Waals surface area (Å²) in [5.74, 6) is 0. The predicted molar refractivity (Wildman–Crippen MR) is 19.9 cm³/mol. The van der Waals surface area contributed by atoms with Crippen LogP contribution in [0.25, 0.3) is 0 Å². The van der Waals surface area contributed by atoms with Crippen molar-refractivity contribution in [3.05, 3.63) is 0 Å². The van der Waals surface area contributed by atoms with Crippen LogP contribution in [0.3, 0.4) is 0 Å². The summed E-state index contributed by atoms with van der Waals surface area (Å²) in [4.78, 5) is 0. The average Bonchev–Trinajstić information content (AvgIpc) is 1.00. The van der Waals surface area contributed by atoms with Crippen molar-refractivity contribution >= 4 is 25.6 Å². The van der Waals surface area contributed by atoms with E-state index >= 15 is 0 Å². The van der Waals surface area contributed by atoms with Crippen LogP contribution in [0.2, 0.25) is 0 Å². The Bertz CT molecular complexity index is 15.5. The van der Waals surface area contributed by atoms with E-state index in [1.54, 1.807) is 0 Å². The van der Waals surface area contributed by atoms with Gasteiger partial charge in [-0.2, -0.15) is 0 Å². The van der Waals surface area contributed by atoms with Crippen LogP contribution in [0.5, 0.6) is 0 Å². The second kappa shape index (κ2) is 42.5. The van der Waals surface area contributed by atoms with E-state index < -0.39 is 0 Å². The van der Waals surface area contributed by atoms with Crippen molar-refractivity contribution < 1.29 is 72.7 Å². The number of rotatable bonds is 0. The van der Waals surface area contributed by atoms with Gasteiger partial charge in [0.05, 0.1) is 0 Å². The van der Waals surface area contributed by atoms with Crippen LogP contribution in [-0.4, -0.2) is 25.6 Å². The molecule has 0 N–H and O–H groups in total. The molecule has 0 amide bonds. The molecule has 0 unspecified atom stereocenters. The van der Waals surface area contributed by atoms with Crippen LogP contribution in [0, 0.1) is 0 Å². The molecule has 0 atom stereocenters. The maximum absolute atomic E-state index is 2.28. The number of hydrogen-bond donors (Lipinski definition) is 0. The van der Waals surface area contributed by atoms with Crippen LogP contribution in [0.15, 0.2) is 0 Å². The third-order valence-corrected chi connectivity index (χ3v) is 0. The largest absolute Gasteiger partial charge is 0 e. The van der Waals surface area contributed by atoms with Crippen molar-refractivity contribution in [3.8, 4) is 0 Å². The molecule has 0 heterocycles. The molecule has 0 aromatic rings. The summed E-state index contributed by atoms with van der Waals surface area (Å²) in [5, 5.41) is 0. The van der Waals surface area contributed by atoms with Crippen LogP contribution >= 0.6 is 0 Å². The van der Waals surface area contributed by atoms with E-state index in [2.05, 4.69) is 19.1 Å². The Labute approximate surface area is 96.7 Å². The third kappa shape index (κ3) is 27.5. The first-order valence-electron chi connectivity index (χ1n) is 0.316. The van der Waals surface area contributed by atoms with Gasteiger partial charge in [-0.05, 0) is 0 Å². The Morgan fingerprint density at radius 1 is 1.17 bits per heavy atom. The van der Waals surface area contributed by atoms with E-state index in [0.29, 0.717) is 0 Å². The summed E-state index contributed by atoms with van der Waals surface area (Å²) < 4.78 is 0. The summed E-state index contributed by atoms with van der Waals surface area (Å²) in [6, 6.07) is 0. The second-order valence-electron chi connectivity index (χ2n) is 0. The Balaban J connectivity index is -0.000000000833. The van der Waals surface area contributed by atoms with Crippen LogP contribution in [0.4, 0.5) is 0 Å². The van der Waals surface area contributed by atoms with E-state index in [9.17, 15) is 0 Å². The SMILES string of the molecule is [AlH3].[Cu].[Fe].[SiH3][Pt].[Zn]. The number of hydrogen-bond acceptors (Lipinski definition) is 0. The molecule has 0 aliphatic heterocycles. The molecule has 0 fully saturated rings. The molecule has 1 radical (unpaired) electrons. The Morgan fingerprint density at radius 3 is 1.17 bits per heavy atom. The van der Waals surface area contributed by atoms with Gasteiger partial charge >= 0.3 is 27.3 Å². The summed E-state index contributed by atoms with van der Waals surface area (Å²) in [7, 11) is 1.28. The molecule has 0 nitrogen and oxygen atoms in total. The first-order chi connectivity index (χ1) is 1.00. The van der Waals surface area contributed by atoms with Crippen LogP contribution in [-0.2, 0) is 72.7 Å². The maximum Gasteiger partial charge on any atom is 0 e. The van der Waals surface area contributed by atoms with Crippen LogP contribution in [0.1, 0.15) is 0 Å². The molecule has 0 saturated heterocycles. The van der Waals surface area contributed by atoms with Gasteiger partial charge in [0.1, 0.15) is 0 Å². The molecule has 0 aromatic carbocycles. The molecule has 6 heteroatoms. The molecule has 0 bridgehead atoms. The zero-order valence-electron chi connectivity index (χ0n) is 2.68. The predicted octanol–water partition coefficient (Wildman–Crippen LogP) is -2.38. The first kappa shape index (κ1) is 35.5. The molecule has 44 valence electrons. The molecular formula is H6AlCuFePtSiZn. The molecule has 0 aromatic heterocycles. The molecule has 0 aliphatic rings. The van der Waals surface area contributed by atoms with Gasteiger partial charge in [0.2, 0.25) is 0 Å². The molecule has 0 aliphatic carbocycles. The second-order valence-corrected chi connectivity index (χ2v) is 0. The van der Waals surface area contributed by atoms with Crippen molar-refractivity contribution in [2.75, 3.05) is 0 Å². The van der Waals surface area contributed by atoms with Gasteiger partial charge in [-0.25, -0.2) is 0 Å². The fourth-order valence-electron chi connectivity index (χ4n) is 0. The van der Waals surface area contributed by atoms with Crippen molar-refractivity contribution in [2.45, 2.75) is 0 Å². The fourth-order valence-corrected chi connectivity index (χ4v) is 0. The minimum atomic E-state index is 0. The van der Waals surface area contributed by atoms with E-state index in [4.69, 9.17) is 0 Å². The minimum Gasteiger partial charge on any atom is 0 e. The maximum atomic E-state index is 2.28. The van der Waals surface area contributed by atoms with Crippen molar-refractivity contribution in [2.24, 2.45) is 0 Å². The Morgan fingerprint density at radius 2 is 1.17 bits per heavy atom. The van der Waals surface area contributed by atoms with Crippen molar-refractivity contribution in [3.63, 3.8) is 0 Å². The summed E-state index contributed by atoms with van der Waals surface area (Å²) in [6.45, 7) is 0. The zero-order valence-corrected chi connectivity index (χ0v) is 12.0. The molecule has 0 spiro atoms. The Hall–Kier alpha value is 3.10. The van der Waals surface area contributed by atoms with Gasteiger partial charge in [-0.1, -0.05) is 0 Å². The third-order valence-electron chi connectivity index (χ3n) is 0. The summed E-state index contributed by atoms with van der Waals surface area (Å²) in [5.41, 5.74) is 0. The van der Waals surface area contributed by atoms with Gasteiger partial charge in [-0.15, -0.1) is 0 Å². The van der Waals surface area contributed by atoms with Crippen LogP contribution < -0.4 is 0 Å². The van der Waals surface area contributed by atoms with E-state index in [1.807, 2.05) is 0 Å². The van der Waals surface area contributed by atoms with Crippen molar-refractivity contribution in [1.29, 1.82) is 0 Å². The normalized spacial score (nSPS) is 1.67. The van der Waals surface area contributed by atoms with Gasteiger partial charge in [-0.3, -0.25) is 0 Å². The van der Waals surface area contributed by atoms with E-state index in [1.165, 1.54) is 8.21 Å². The van der Waals surface area contributed by atoms with E-state index in [-0.39, 0.29) is 71.0 Å². The smallest absolute Gasteiger partial charge is 0 e. The topological polar surface area (TPSA) is 0 Å². The van der Waals surface area contributed by atoms with Gasteiger partial charge in [0.15, 0.2) is 17.4 Å². The molecular weight excluding hydrogens is 435 g/mol. The Kier molecular flexibility index (Phi) is 252. The van der Waals surface area contributed by atoms with E-state index in [0.717, 1.165) is 0 Å². The standard InChI is InChI=1S/Al.Cu.Fe.Pt.H3Si.Zn.3H/h;;;;1H3;;;;. The van der Waals surface area contributed by atoms with Gasteiger partial charge in [0, 0.05) is 53.6 Å². The monoisotopic (exact) mass is 439 g/mol. The van der Waals surface area contributed by atoms with Gasteiger partial charge in [0.25, 0.3) is 0 Å². The molecule has 0 rings (SSSR count). The summed E-state index contributed by atoms with van der Waals surface area (Å²) >= 11 is 2.28. The molecule has 6 heavy (non-hydrogen) atoms. The fraction of sp³-hybridized carbons (Fsp3) is 0. The van der Waals surface area contributed by atoms with Crippen molar-refractivity contribution in [1.82, 2.24) is 0 Å². The quantitative estimate of drug-likeness (QED) is 0.369. The molecule has 0 saturated carbocycles. The average molecular weight is 441 g/mol. The summed E-state index contributed by atoms with van der Waals surface area (Å²) in [6.07, 6.45) is 0.